The number of hydrogen-bond acceptors (Lipinski definition) is 3. The summed E-state index contributed by atoms with van der Waals surface area (Å²) in [6, 6.07) is 0.111. The molecule has 0 aromatic heterocycles. The summed E-state index contributed by atoms with van der Waals surface area (Å²) in [5, 5.41) is 12.5. The van der Waals surface area contributed by atoms with Crippen LogP contribution in [0, 0.1) is 0 Å². The molecular weight excluding hydrogens is 166 g/mol. The van der Waals surface area contributed by atoms with E-state index in [1.54, 1.807) is 6.92 Å². The van der Waals surface area contributed by atoms with Crippen LogP contribution in [0.25, 0.3) is 0 Å². The van der Waals surface area contributed by atoms with Crippen molar-refractivity contribution in [3.63, 3.8) is 0 Å². The molecule has 0 saturated carbocycles. The van der Waals surface area contributed by atoms with Crippen molar-refractivity contribution in [2.75, 3.05) is 13.2 Å². The molecule has 0 aromatic carbocycles. The van der Waals surface area contributed by atoms with E-state index in [1.807, 2.05) is 27.7 Å². The third-order valence-electron chi connectivity index (χ3n) is 2.11. The highest BCUT2D eigenvalue weighted by Crippen LogP contribution is 2.07. The van der Waals surface area contributed by atoms with Crippen LogP contribution in [0.15, 0.2) is 0 Å². The van der Waals surface area contributed by atoms with E-state index in [-0.39, 0.29) is 17.7 Å². The van der Waals surface area contributed by atoms with Gasteiger partial charge in [-0.2, -0.15) is 0 Å². The van der Waals surface area contributed by atoms with Crippen molar-refractivity contribution in [3.05, 3.63) is 0 Å². The first-order valence-electron chi connectivity index (χ1n) is 4.94. The molecule has 2 N–H and O–H groups in total. The highest BCUT2D eigenvalue weighted by molar-refractivity contribution is 4.76. The van der Waals surface area contributed by atoms with Crippen LogP contribution < -0.4 is 5.32 Å². The molecule has 3 heteroatoms. The van der Waals surface area contributed by atoms with Crippen LogP contribution in [-0.2, 0) is 4.74 Å². The average Bonchev–Trinajstić information content (AvgIpc) is 2.00. The molecule has 2 atom stereocenters. The standard InChI is InChI=1S/C10H23NO2/c1-6-13-10(4,5)7-11-8(2)9(3)12/h8-9,11-12H,6-7H2,1-5H3. The van der Waals surface area contributed by atoms with Gasteiger partial charge < -0.3 is 15.2 Å². The van der Waals surface area contributed by atoms with Crippen molar-refractivity contribution in [1.29, 1.82) is 0 Å². The van der Waals surface area contributed by atoms with Crippen LogP contribution in [0.5, 0.6) is 0 Å². The molecule has 0 saturated heterocycles. The van der Waals surface area contributed by atoms with E-state index in [1.165, 1.54) is 0 Å². The smallest absolute Gasteiger partial charge is 0.0750 e. The van der Waals surface area contributed by atoms with E-state index < -0.39 is 0 Å². The molecule has 0 aliphatic heterocycles. The lowest BCUT2D eigenvalue weighted by molar-refractivity contribution is -0.0131. The van der Waals surface area contributed by atoms with Crippen molar-refractivity contribution in [3.8, 4) is 0 Å². The normalized spacial score (nSPS) is 17.1. The summed E-state index contributed by atoms with van der Waals surface area (Å²) in [5.74, 6) is 0. The fourth-order valence-corrected chi connectivity index (χ4v) is 1.02. The number of rotatable bonds is 6. The van der Waals surface area contributed by atoms with Gasteiger partial charge in [0.15, 0.2) is 0 Å². The van der Waals surface area contributed by atoms with E-state index in [9.17, 15) is 5.11 Å². The van der Waals surface area contributed by atoms with Gasteiger partial charge in [-0.1, -0.05) is 0 Å². The first-order chi connectivity index (χ1) is 5.89. The average molecular weight is 189 g/mol. The SMILES string of the molecule is CCOC(C)(C)CNC(C)C(C)O. The summed E-state index contributed by atoms with van der Waals surface area (Å²) in [5.41, 5.74) is -0.155. The van der Waals surface area contributed by atoms with E-state index >= 15 is 0 Å². The molecule has 0 aliphatic carbocycles. The Morgan fingerprint density at radius 1 is 1.38 bits per heavy atom. The highest BCUT2D eigenvalue weighted by atomic mass is 16.5. The second kappa shape index (κ2) is 5.58. The zero-order chi connectivity index (χ0) is 10.5. The summed E-state index contributed by atoms with van der Waals surface area (Å²) in [7, 11) is 0. The molecule has 0 bridgehead atoms. The Balaban J connectivity index is 3.73. The molecule has 0 radical (unpaired) electrons. The quantitative estimate of drug-likeness (QED) is 0.659. The largest absolute Gasteiger partial charge is 0.392 e. The summed E-state index contributed by atoms with van der Waals surface area (Å²) in [6.07, 6.45) is -0.322. The van der Waals surface area contributed by atoms with Gasteiger partial charge in [0, 0.05) is 19.2 Å². The van der Waals surface area contributed by atoms with Gasteiger partial charge in [0.1, 0.15) is 0 Å². The van der Waals surface area contributed by atoms with Crippen molar-refractivity contribution < 1.29 is 9.84 Å². The van der Waals surface area contributed by atoms with Gasteiger partial charge in [-0.25, -0.2) is 0 Å². The lowest BCUT2D eigenvalue weighted by Gasteiger charge is -2.27. The second-order valence-corrected chi connectivity index (χ2v) is 4.10. The van der Waals surface area contributed by atoms with Gasteiger partial charge in [0.05, 0.1) is 11.7 Å². The molecule has 80 valence electrons. The topological polar surface area (TPSA) is 41.5 Å². The zero-order valence-electron chi connectivity index (χ0n) is 9.42. The van der Waals surface area contributed by atoms with Crippen molar-refractivity contribution in [1.82, 2.24) is 5.32 Å². The maximum atomic E-state index is 9.24. The first kappa shape index (κ1) is 12.9. The monoisotopic (exact) mass is 189 g/mol. The lowest BCUT2D eigenvalue weighted by atomic mass is 10.1. The van der Waals surface area contributed by atoms with Gasteiger partial charge in [-0.3, -0.25) is 0 Å². The predicted octanol–water partition coefficient (Wildman–Crippen LogP) is 1.16. The molecule has 0 fully saturated rings. The molecule has 0 rings (SSSR count). The minimum atomic E-state index is -0.322. The molecule has 0 aromatic rings. The highest BCUT2D eigenvalue weighted by Gasteiger charge is 2.19. The van der Waals surface area contributed by atoms with Crippen LogP contribution in [0.1, 0.15) is 34.6 Å². The van der Waals surface area contributed by atoms with E-state index in [4.69, 9.17) is 4.74 Å². The van der Waals surface area contributed by atoms with Crippen molar-refractivity contribution in [2.45, 2.75) is 52.4 Å². The summed E-state index contributed by atoms with van der Waals surface area (Å²) >= 11 is 0. The van der Waals surface area contributed by atoms with Gasteiger partial charge in [0.2, 0.25) is 0 Å². The first-order valence-corrected chi connectivity index (χ1v) is 4.94. The summed E-state index contributed by atoms with van der Waals surface area (Å²) < 4.78 is 5.52. The Morgan fingerprint density at radius 2 is 1.92 bits per heavy atom. The predicted molar refractivity (Wildman–Crippen MR) is 54.9 cm³/mol. The Labute approximate surface area is 81.5 Å². The van der Waals surface area contributed by atoms with Crippen LogP contribution in [0.3, 0.4) is 0 Å². The van der Waals surface area contributed by atoms with Crippen molar-refractivity contribution in [2.24, 2.45) is 0 Å². The van der Waals surface area contributed by atoms with Crippen LogP contribution in [0.2, 0.25) is 0 Å². The minimum absolute atomic E-state index is 0.111. The molecule has 3 nitrogen and oxygen atoms in total. The van der Waals surface area contributed by atoms with Crippen LogP contribution >= 0.6 is 0 Å². The maximum absolute atomic E-state index is 9.24. The molecule has 0 heterocycles. The lowest BCUT2D eigenvalue weighted by Crippen LogP contribution is -2.45. The third-order valence-corrected chi connectivity index (χ3v) is 2.11. The van der Waals surface area contributed by atoms with Gasteiger partial charge in [-0.15, -0.1) is 0 Å². The number of nitrogens with one attached hydrogen (secondary N) is 1. The van der Waals surface area contributed by atoms with E-state index in [2.05, 4.69) is 5.32 Å². The molecule has 0 spiro atoms. The number of aliphatic hydroxyl groups is 1. The van der Waals surface area contributed by atoms with E-state index in [0.717, 1.165) is 13.2 Å². The van der Waals surface area contributed by atoms with Crippen LogP contribution in [-0.4, -0.2) is 36.0 Å². The Hall–Kier alpha value is -0.120. The molecule has 13 heavy (non-hydrogen) atoms. The van der Waals surface area contributed by atoms with Gasteiger partial charge in [0.25, 0.3) is 0 Å². The minimum Gasteiger partial charge on any atom is -0.392 e. The summed E-state index contributed by atoms with van der Waals surface area (Å²) in [6.45, 7) is 11.3. The number of hydrogen-bond donors (Lipinski definition) is 2. The third kappa shape index (κ3) is 6.02. The summed E-state index contributed by atoms with van der Waals surface area (Å²) in [4.78, 5) is 0. The van der Waals surface area contributed by atoms with Gasteiger partial charge in [-0.05, 0) is 34.6 Å². The Bertz CT molecular complexity index is 135. The van der Waals surface area contributed by atoms with Gasteiger partial charge >= 0.3 is 0 Å². The fraction of sp³-hybridized carbons (Fsp3) is 1.00. The molecule has 0 amide bonds. The Morgan fingerprint density at radius 3 is 2.31 bits per heavy atom. The van der Waals surface area contributed by atoms with Crippen molar-refractivity contribution >= 4 is 0 Å². The maximum Gasteiger partial charge on any atom is 0.0750 e. The molecule has 2 unspecified atom stereocenters. The van der Waals surface area contributed by atoms with E-state index in [0.29, 0.717) is 0 Å². The number of aliphatic hydroxyl groups excluding tert-OH is 1. The Kier molecular flexibility index (Phi) is 5.53. The number of ether oxygens (including phenoxy) is 1. The molecular formula is C10H23NO2. The molecule has 0 aliphatic rings. The zero-order valence-corrected chi connectivity index (χ0v) is 9.42. The second-order valence-electron chi connectivity index (χ2n) is 4.10. The van der Waals surface area contributed by atoms with Crippen LogP contribution in [0.4, 0.5) is 0 Å². The fourth-order valence-electron chi connectivity index (χ4n) is 1.02.